The summed E-state index contributed by atoms with van der Waals surface area (Å²) < 4.78 is 24.1. The first-order valence-corrected chi connectivity index (χ1v) is 9.06. The van der Waals surface area contributed by atoms with E-state index in [-0.39, 0.29) is 23.6 Å². The molecule has 1 saturated carbocycles. The number of sulfone groups is 1. The zero-order chi connectivity index (χ0) is 14.9. The molecule has 5 nitrogen and oxygen atoms in total. The van der Waals surface area contributed by atoms with Crippen molar-refractivity contribution in [1.82, 2.24) is 10.6 Å². The van der Waals surface area contributed by atoms with Crippen LogP contribution in [0.5, 0.6) is 0 Å². The molecule has 21 heavy (non-hydrogen) atoms. The van der Waals surface area contributed by atoms with Gasteiger partial charge in [0.25, 0.3) is 0 Å². The number of fused-ring (bicyclic) bond motifs is 1. The van der Waals surface area contributed by atoms with Crippen LogP contribution in [-0.2, 0) is 14.6 Å². The number of hydrogen-bond donors (Lipinski definition) is 2. The molecule has 0 saturated heterocycles. The molecule has 0 spiro atoms. The number of amides is 1. The van der Waals surface area contributed by atoms with Gasteiger partial charge in [-0.2, -0.15) is 0 Å². The highest BCUT2D eigenvalue weighted by Crippen LogP contribution is 2.31. The first kappa shape index (κ1) is 14.5. The lowest BCUT2D eigenvalue weighted by atomic mass is 10.0. The van der Waals surface area contributed by atoms with Crippen LogP contribution >= 0.6 is 0 Å². The minimum absolute atomic E-state index is 0.0440. The Bertz CT molecular complexity index is 638. The van der Waals surface area contributed by atoms with E-state index in [1.807, 2.05) is 12.1 Å². The second-order valence-electron chi connectivity index (χ2n) is 5.72. The van der Waals surface area contributed by atoms with Gasteiger partial charge in [0.15, 0.2) is 9.84 Å². The molecule has 2 N–H and O–H groups in total. The number of carbonyl (C=O) groups is 1. The Balaban J connectivity index is 1.57. The van der Waals surface area contributed by atoms with Gasteiger partial charge in [0.1, 0.15) is 0 Å². The fraction of sp³-hybridized carbons (Fsp3) is 0.533. The number of hydrogen-bond acceptors (Lipinski definition) is 4. The summed E-state index contributed by atoms with van der Waals surface area (Å²) >= 11 is 0. The average Bonchev–Trinajstić information content (AvgIpc) is 3.30. The third-order valence-corrected chi connectivity index (χ3v) is 5.88. The Morgan fingerprint density at radius 1 is 1.14 bits per heavy atom. The van der Waals surface area contributed by atoms with E-state index in [0.717, 1.165) is 18.4 Å². The Labute approximate surface area is 125 Å². The maximum absolute atomic E-state index is 12.0. The van der Waals surface area contributed by atoms with Gasteiger partial charge in [-0.05, 0) is 30.9 Å². The number of nitrogens with one attached hydrogen (secondary N) is 2. The molecule has 0 radical (unpaired) electrons. The van der Waals surface area contributed by atoms with Crippen molar-refractivity contribution in [1.29, 1.82) is 0 Å². The van der Waals surface area contributed by atoms with Crippen LogP contribution < -0.4 is 10.6 Å². The van der Waals surface area contributed by atoms with Gasteiger partial charge in [-0.25, -0.2) is 8.42 Å². The molecule has 1 aromatic carbocycles. The Kier molecular flexibility index (Phi) is 3.99. The summed E-state index contributed by atoms with van der Waals surface area (Å²) in [6.07, 6.45) is 2.59. The molecule has 1 unspecified atom stereocenters. The molecule has 3 rings (SSSR count). The van der Waals surface area contributed by atoms with Crippen LogP contribution in [0.4, 0.5) is 0 Å². The molecule has 0 aromatic heterocycles. The minimum Gasteiger partial charge on any atom is -0.355 e. The van der Waals surface area contributed by atoms with E-state index in [1.54, 1.807) is 12.1 Å². The quantitative estimate of drug-likeness (QED) is 0.797. The van der Waals surface area contributed by atoms with Crippen LogP contribution in [0.3, 0.4) is 0 Å². The molecule has 1 aliphatic carbocycles. The summed E-state index contributed by atoms with van der Waals surface area (Å²) in [6.45, 7) is 1.23. The third kappa shape index (κ3) is 3.27. The normalized spacial score (nSPS) is 23.3. The van der Waals surface area contributed by atoms with Crippen molar-refractivity contribution in [2.45, 2.75) is 30.2 Å². The average molecular weight is 308 g/mol. The van der Waals surface area contributed by atoms with Crippen LogP contribution in [-0.4, -0.2) is 33.2 Å². The molecular formula is C15H20N2O3S. The van der Waals surface area contributed by atoms with E-state index in [1.165, 1.54) is 0 Å². The SMILES string of the molecule is O=C(NCCNC1CCS(=O)(=O)c2ccccc21)C1CC1. The molecular weight excluding hydrogens is 288 g/mol. The van der Waals surface area contributed by atoms with E-state index in [0.29, 0.717) is 24.4 Å². The lowest BCUT2D eigenvalue weighted by molar-refractivity contribution is -0.122. The van der Waals surface area contributed by atoms with E-state index in [9.17, 15) is 13.2 Å². The monoisotopic (exact) mass is 308 g/mol. The summed E-state index contributed by atoms with van der Waals surface area (Å²) in [4.78, 5) is 12.0. The Hall–Kier alpha value is -1.40. The van der Waals surface area contributed by atoms with E-state index < -0.39 is 9.84 Å². The molecule has 2 aliphatic rings. The molecule has 1 heterocycles. The standard InChI is InChI=1S/C15H20N2O3S/c18-15(11-5-6-11)17-9-8-16-13-7-10-21(19,20)14-4-2-1-3-12(13)14/h1-4,11,13,16H,5-10H2,(H,17,18). The maximum Gasteiger partial charge on any atom is 0.223 e. The number of rotatable bonds is 5. The topological polar surface area (TPSA) is 75.3 Å². The molecule has 1 atom stereocenters. The molecule has 0 bridgehead atoms. The largest absolute Gasteiger partial charge is 0.355 e. The molecule has 1 aromatic rings. The van der Waals surface area contributed by atoms with Gasteiger partial charge in [0, 0.05) is 25.0 Å². The lowest BCUT2D eigenvalue weighted by Gasteiger charge is -2.26. The van der Waals surface area contributed by atoms with Crippen LogP contribution in [0.2, 0.25) is 0 Å². The lowest BCUT2D eigenvalue weighted by Crippen LogP contribution is -2.36. The van der Waals surface area contributed by atoms with E-state index in [4.69, 9.17) is 0 Å². The smallest absolute Gasteiger partial charge is 0.223 e. The number of benzene rings is 1. The maximum atomic E-state index is 12.0. The van der Waals surface area contributed by atoms with Gasteiger partial charge < -0.3 is 10.6 Å². The van der Waals surface area contributed by atoms with Gasteiger partial charge in [-0.15, -0.1) is 0 Å². The van der Waals surface area contributed by atoms with Gasteiger partial charge >= 0.3 is 0 Å². The highest BCUT2D eigenvalue weighted by molar-refractivity contribution is 7.91. The predicted octanol–water partition coefficient (Wildman–Crippen LogP) is 1.02. The molecule has 1 aliphatic heterocycles. The van der Waals surface area contributed by atoms with Crippen molar-refractivity contribution < 1.29 is 13.2 Å². The summed E-state index contributed by atoms with van der Waals surface area (Å²) in [5, 5.41) is 6.26. The molecule has 1 amide bonds. The van der Waals surface area contributed by atoms with Gasteiger partial charge in [0.2, 0.25) is 5.91 Å². The van der Waals surface area contributed by atoms with Crippen molar-refractivity contribution in [2.75, 3.05) is 18.8 Å². The van der Waals surface area contributed by atoms with Crippen molar-refractivity contribution >= 4 is 15.7 Å². The summed E-state index contributed by atoms with van der Waals surface area (Å²) in [5.41, 5.74) is 0.845. The van der Waals surface area contributed by atoms with Gasteiger partial charge in [-0.1, -0.05) is 18.2 Å². The summed E-state index contributed by atoms with van der Waals surface area (Å²) in [5.74, 6) is 0.546. The highest BCUT2D eigenvalue weighted by Gasteiger charge is 2.30. The zero-order valence-corrected chi connectivity index (χ0v) is 12.7. The summed E-state index contributed by atoms with van der Waals surface area (Å²) in [6, 6.07) is 7.21. The molecule has 6 heteroatoms. The van der Waals surface area contributed by atoms with E-state index in [2.05, 4.69) is 10.6 Å². The fourth-order valence-corrected chi connectivity index (χ4v) is 4.35. The first-order valence-electron chi connectivity index (χ1n) is 7.41. The Morgan fingerprint density at radius 3 is 2.67 bits per heavy atom. The van der Waals surface area contributed by atoms with Crippen LogP contribution in [0, 0.1) is 5.92 Å². The Morgan fingerprint density at radius 2 is 1.90 bits per heavy atom. The van der Waals surface area contributed by atoms with Crippen LogP contribution in [0.15, 0.2) is 29.2 Å². The first-order chi connectivity index (χ1) is 10.1. The van der Waals surface area contributed by atoms with Crippen molar-refractivity contribution in [2.24, 2.45) is 5.92 Å². The summed E-state index contributed by atoms with van der Waals surface area (Å²) in [7, 11) is -3.13. The highest BCUT2D eigenvalue weighted by atomic mass is 32.2. The van der Waals surface area contributed by atoms with Gasteiger partial charge in [0.05, 0.1) is 10.6 Å². The second-order valence-corrected chi connectivity index (χ2v) is 7.79. The zero-order valence-electron chi connectivity index (χ0n) is 11.8. The van der Waals surface area contributed by atoms with Crippen LogP contribution in [0.1, 0.15) is 30.9 Å². The number of carbonyl (C=O) groups excluding carboxylic acids is 1. The van der Waals surface area contributed by atoms with E-state index >= 15 is 0 Å². The third-order valence-electron chi connectivity index (χ3n) is 4.07. The fourth-order valence-electron chi connectivity index (χ4n) is 2.72. The van der Waals surface area contributed by atoms with Gasteiger partial charge in [-0.3, -0.25) is 4.79 Å². The molecule has 114 valence electrons. The minimum atomic E-state index is -3.13. The van der Waals surface area contributed by atoms with Crippen molar-refractivity contribution in [3.63, 3.8) is 0 Å². The predicted molar refractivity (Wildman–Crippen MR) is 79.6 cm³/mol. The second kappa shape index (κ2) is 5.77. The van der Waals surface area contributed by atoms with Crippen molar-refractivity contribution in [3.05, 3.63) is 29.8 Å². The van der Waals surface area contributed by atoms with Crippen LogP contribution in [0.25, 0.3) is 0 Å². The molecule has 1 fully saturated rings. The van der Waals surface area contributed by atoms with Crippen molar-refractivity contribution in [3.8, 4) is 0 Å².